The lowest BCUT2D eigenvalue weighted by molar-refractivity contribution is 0.0666. The van der Waals surface area contributed by atoms with Crippen molar-refractivity contribution in [2.75, 3.05) is 13.2 Å². The Kier molecular flexibility index (Phi) is 4.09. The van der Waals surface area contributed by atoms with Crippen LogP contribution < -0.4 is 5.56 Å². The Labute approximate surface area is 159 Å². The number of aromatic amines is 1. The number of benzene rings is 1. The van der Waals surface area contributed by atoms with Crippen molar-refractivity contribution in [1.82, 2.24) is 19.7 Å². The first-order valence-corrected chi connectivity index (χ1v) is 9.94. The molecule has 2 aliphatic heterocycles. The number of nitrogens with one attached hydrogen (secondary N) is 1. The Morgan fingerprint density at radius 3 is 2.89 bits per heavy atom. The molecule has 2 aliphatic rings. The van der Waals surface area contributed by atoms with Crippen molar-refractivity contribution < 1.29 is 4.74 Å². The zero-order valence-corrected chi connectivity index (χ0v) is 15.7. The normalized spacial score (nSPS) is 20.5. The van der Waals surface area contributed by atoms with E-state index in [9.17, 15) is 4.79 Å². The van der Waals surface area contributed by atoms with Gasteiger partial charge in [-0.3, -0.25) is 24.5 Å². The highest BCUT2D eigenvalue weighted by Gasteiger charge is 2.33. The molecule has 0 bridgehead atoms. The quantitative estimate of drug-likeness (QED) is 0.736. The van der Waals surface area contributed by atoms with Crippen LogP contribution in [0.25, 0.3) is 11.0 Å². The third-order valence-corrected chi connectivity index (χ3v) is 6.28. The van der Waals surface area contributed by atoms with Crippen LogP contribution in [0.5, 0.6) is 0 Å². The molecule has 7 nitrogen and oxygen atoms in total. The van der Waals surface area contributed by atoms with Gasteiger partial charge >= 0.3 is 0 Å². The van der Waals surface area contributed by atoms with Crippen LogP contribution in [0.1, 0.15) is 42.2 Å². The highest BCUT2D eigenvalue weighted by molar-refractivity contribution is 8.14. The van der Waals surface area contributed by atoms with Crippen molar-refractivity contribution in [2.24, 2.45) is 4.99 Å². The second kappa shape index (κ2) is 6.61. The van der Waals surface area contributed by atoms with Gasteiger partial charge in [-0.1, -0.05) is 23.9 Å². The molecule has 0 saturated carbocycles. The van der Waals surface area contributed by atoms with Crippen LogP contribution in [0.3, 0.4) is 0 Å². The summed E-state index contributed by atoms with van der Waals surface area (Å²) < 4.78 is 7.42. The average molecular weight is 381 g/mol. The molecular formula is C19H19N5O2S. The third-order valence-electron chi connectivity index (χ3n) is 5.12. The van der Waals surface area contributed by atoms with Gasteiger partial charge in [0.05, 0.1) is 32.9 Å². The molecule has 0 spiro atoms. The van der Waals surface area contributed by atoms with Crippen LogP contribution >= 0.6 is 11.8 Å². The van der Waals surface area contributed by atoms with Gasteiger partial charge < -0.3 is 4.74 Å². The largest absolute Gasteiger partial charge is 0.381 e. The van der Waals surface area contributed by atoms with E-state index in [0.29, 0.717) is 18.8 Å². The Balaban J connectivity index is 1.68. The monoisotopic (exact) mass is 381 g/mol. The summed E-state index contributed by atoms with van der Waals surface area (Å²) >= 11 is 1.60. The maximum atomic E-state index is 12.9. The first-order chi connectivity index (χ1) is 13.2. The molecule has 2 aromatic heterocycles. The predicted molar refractivity (Wildman–Crippen MR) is 106 cm³/mol. The molecule has 138 valence electrons. The maximum Gasteiger partial charge on any atom is 0.271 e. The minimum atomic E-state index is -0.150. The number of nitrogens with zero attached hydrogens (tertiary/aromatic N) is 4. The number of aliphatic imine (C=N–C) groups is 1. The van der Waals surface area contributed by atoms with Crippen molar-refractivity contribution in [3.05, 3.63) is 52.1 Å². The standard InChI is InChI=1S/C19H19N5O2S/c1-11-22-18-15(19(25)23-24(18)12-5-9-26-10-6-12)17(27-11)13-3-2-4-14-16(13)21-8-7-20-14/h2-4,7-8,12,17H,5-6,9-10H2,1H3,(H,23,25)/t17-/m1/s1. The zero-order valence-electron chi connectivity index (χ0n) is 14.9. The van der Waals surface area contributed by atoms with Crippen LogP contribution in [0.15, 0.2) is 40.4 Å². The minimum Gasteiger partial charge on any atom is -0.381 e. The van der Waals surface area contributed by atoms with Gasteiger partial charge in [0, 0.05) is 25.6 Å². The van der Waals surface area contributed by atoms with Crippen LogP contribution in [-0.4, -0.2) is 38.0 Å². The van der Waals surface area contributed by atoms with E-state index in [1.54, 1.807) is 24.2 Å². The fourth-order valence-corrected chi connectivity index (χ4v) is 4.99. The number of hydrogen-bond acceptors (Lipinski definition) is 6. The summed E-state index contributed by atoms with van der Waals surface area (Å²) in [5.74, 6) is 0.744. The molecule has 0 amide bonds. The second-order valence-electron chi connectivity index (χ2n) is 6.79. The van der Waals surface area contributed by atoms with E-state index in [4.69, 9.17) is 9.73 Å². The van der Waals surface area contributed by atoms with E-state index < -0.39 is 0 Å². The molecule has 1 saturated heterocycles. The van der Waals surface area contributed by atoms with Gasteiger partial charge in [-0.25, -0.2) is 4.99 Å². The number of rotatable bonds is 2. The van der Waals surface area contributed by atoms with E-state index in [0.717, 1.165) is 40.3 Å². The summed E-state index contributed by atoms with van der Waals surface area (Å²) in [6.45, 7) is 3.40. The molecule has 0 unspecified atom stereocenters. The lowest BCUT2D eigenvalue weighted by Crippen LogP contribution is -2.21. The molecule has 0 radical (unpaired) electrons. The van der Waals surface area contributed by atoms with Gasteiger partial charge in [-0.2, -0.15) is 0 Å². The number of thioether (sulfide) groups is 1. The first-order valence-electron chi connectivity index (χ1n) is 9.06. The Hall–Kier alpha value is -2.45. The molecular weight excluding hydrogens is 362 g/mol. The Morgan fingerprint density at radius 2 is 2.04 bits per heavy atom. The van der Waals surface area contributed by atoms with Crippen molar-refractivity contribution in [2.45, 2.75) is 31.1 Å². The highest BCUT2D eigenvalue weighted by Crippen LogP contribution is 2.45. The highest BCUT2D eigenvalue weighted by atomic mass is 32.2. The van der Waals surface area contributed by atoms with E-state index in [1.807, 2.05) is 29.8 Å². The fraction of sp³-hybridized carbons (Fsp3) is 0.368. The molecule has 3 aromatic rings. The van der Waals surface area contributed by atoms with Crippen molar-refractivity contribution in [3.8, 4) is 0 Å². The number of H-pyrrole nitrogens is 1. The molecule has 27 heavy (non-hydrogen) atoms. The average Bonchev–Trinajstić information content (AvgIpc) is 3.04. The SMILES string of the molecule is CC1=Nc2c(c(=O)[nH]n2C2CCOCC2)[C@@H](c2cccc3nccnc23)S1. The van der Waals surface area contributed by atoms with Crippen LogP contribution in [0, 0.1) is 0 Å². The summed E-state index contributed by atoms with van der Waals surface area (Å²) in [6.07, 6.45) is 5.14. The number of ether oxygens (including phenoxy) is 1. The topological polar surface area (TPSA) is 85.2 Å². The summed E-state index contributed by atoms with van der Waals surface area (Å²) in [7, 11) is 0. The van der Waals surface area contributed by atoms with Gasteiger partial charge in [-0.15, -0.1) is 0 Å². The van der Waals surface area contributed by atoms with Gasteiger partial charge in [-0.05, 0) is 31.4 Å². The van der Waals surface area contributed by atoms with Gasteiger partial charge in [0.25, 0.3) is 5.56 Å². The van der Waals surface area contributed by atoms with Gasteiger partial charge in [0.2, 0.25) is 0 Å². The zero-order chi connectivity index (χ0) is 18.4. The smallest absolute Gasteiger partial charge is 0.271 e. The predicted octanol–water partition coefficient (Wildman–Crippen LogP) is 3.36. The Bertz CT molecular complexity index is 1090. The Morgan fingerprint density at radius 1 is 1.22 bits per heavy atom. The van der Waals surface area contributed by atoms with Crippen molar-refractivity contribution in [3.63, 3.8) is 0 Å². The van der Waals surface area contributed by atoms with Crippen molar-refractivity contribution >= 4 is 33.7 Å². The number of aromatic nitrogens is 4. The first kappa shape index (κ1) is 16.7. The van der Waals surface area contributed by atoms with E-state index >= 15 is 0 Å². The van der Waals surface area contributed by atoms with E-state index in [1.165, 1.54) is 0 Å². The molecule has 8 heteroatoms. The lowest BCUT2D eigenvalue weighted by Gasteiger charge is -2.26. The molecule has 5 rings (SSSR count). The maximum absolute atomic E-state index is 12.9. The fourth-order valence-electron chi connectivity index (χ4n) is 3.86. The third kappa shape index (κ3) is 2.80. The summed E-state index contributed by atoms with van der Waals surface area (Å²) in [4.78, 5) is 26.6. The van der Waals surface area contributed by atoms with E-state index in [2.05, 4.69) is 15.1 Å². The second-order valence-corrected chi connectivity index (χ2v) is 8.09. The molecule has 1 atom stereocenters. The molecule has 1 N–H and O–H groups in total. The minimum absolute atomic E-state index is 0.0777. The number of para-hydroxylation sites is 1. The van der Waals surface area contributed by atoms with Gasteiger partial charge in [0.1, 0.15) is 0 Å². The molecule has 0 aliphatic carbocycles. The van der Waals surface area contributed by atoms with Crippen LogP contribution in [0.2, 0.25) is 0 Å². The number of hydrogen-bond donors (Lipinski definition) is 1. The molecule has 1 aromatic carbocycles. The van der Waals surface area contributed by atoms with Gasteiger partial charge in [0.15, 0.2) is 5.82 Å². The summed E-state index contributed by atoms with van der Waals surface area (Å²) in [5.41, 5.74) is 3.28. The summed E-state index contributed by atoms with van der Waals surface area (Å²) in [6, 6.07) is 6.15. The lowest BCUT2D eigenvalue weighted by atomic mass is 10.0. The van der Waals surface area contributed by atoms with E-state index in [-0.39, 0.29) is 16.9 Å². The van der Waals surface area contributed by atoms with Crippen LogP contribution in [0.4, 0.5) is 5.82 Å². The molecule has 4 heterocycles. The number of fused-ring (bicyclic) bond motifs is 2. The summed E-state index contributed by atoms with van der Waals surface area (Å²) in [5, 5.41) is 3.83. The van der Waals surface area contributed by atoms with Crippen LogP contribution in [-0.2, 0) is 4.74 Å². The van der Waals surface area contributed by atoms with Crippen molar-refractivity contribution in [1.29, 1.82) is 0 Å². The molecule has 1 fully saturated rings.